The van der Waals surface area contributed by atoms with Gasteiger partial charge in [-0.25, -0.2) is 0 Å². The molecular formula is C11H13ClF3N. The smallest absolute Gasteiger partial charge is 0.330 e. The van der Waals surface area contributed by atoms with Gasteiger partial charge in [0.2, 0.25) is 0 Å². The third kappa shape index (κ3) is 3.39. The number of alkyl halides is 3. The Balaban J connectivity index is 3.08. The molecule has 1 unspecified atom stereocenters. The van der Waals surface area contributed by atoms with Crippen LogP contribution < -0.4 is 5.73 Å². The van der Waals surface area contributed by atoms with Crippen LogP contribution in [0.2, 0.25) is 5.02 Å². The first-order valence-electron chi connectivity index (χ1n) is 4.92. The van der Waals surface area contributed by atoms with E-state index in [1.807, 2.05) is 6.92 Å². The summed E-state index contributed by atoms with van der Waals surface area (Å²) < 4.78 is 37.5. The molecule has 2 N–H and O–H groups in total. The van der Waals surface area contributed by atoms with E-state index < -0.39 is 11.7 Å². The first-order chi connectivity index (χ1) is 7.34. The molecule has 5 heteroatoms. The van der Waals surface area contributed by atoms with Crippen LogP contribution >= 0.6 is 11.6 Å². The van der Waals surface area contributed by atoms with E-state index in [4.69, 9.17) is 17.3 Å². The van der Waals surface area contributed by atoms with Crippen molar-refractivity contribution in [1.82, 2.24) is 0 Å². The molecule has 0 aliphatic rings. The molecule has 1 nitrogen and oxygen atoms in total. The predicted molar refractivity (Wildman–Crippen MR) is 58.5 cm³/mol. The molecule has 1 aromatic carbocycles. The quantitative estimate of drug-likeness (QED) is 0.869. The third-order valence-electron chi connectivity index (χ3n) is 2.42. The molecule has 0 aliphatic heterocycles. The minimum absolute atomic E-state index is 0.0233. The van der Waals surface area contributed by atoms with Crippen molar-refractivity contribution in [3.05, 3.63) is 34.3 Å². The van der Waals surface area contributed by atoms with E-state index in [-0.39, 0.29) is 10.9 Å². The van der Waals surface area contributed by atoms with Crippen molar-refractivity contribution < 1.29 is 13.2 Å². The molecule has 0 radical (unpaired) electrons. The molecule has 1 aromatic rings. The van der Waals surface area contributed by atoms with E-state index >= 15 is 0 Å². The summed E-state index contributed by atoms with van der Waals surface area (Å²) >= 11 is 5.67. The van der Waals surface area contributed by atoms with Gasteiger partial charge in [0.25, 0.3) is 0 Å². The zero-order chi connectivity index (χ0) is 12.3. The second-order valence-electron chi connectivity index (χ2n) is 3.75. The van der Waals surface area contributed by atoms with Crippen LogP contribution in [-0.2, 0) is 6.18 Å². The number of rotatable bonds is 3. The Morgan fingerprint density at radius 3 is 2.44 bits per heavy atom. The summed E-state index contributed by atoms with van der Waals surface area (Å²) in [5, 5.41) is 0.105. The fraction of sp³-hybridized carbons (Fsp3) is 0.455. The van der Waals surface area contributed by atoms with E-state index in [0.717, 1.165) is 12.1 Å². The van der Waals surface area contributed by atoms with Gasteiger partial charge in [-0.3, -0.25) is 0 Å². The highest BCUT2D eigenvalue weighted by Gasteiger charge is 2.31. The maximum atomic E-state index is 12.5. The summed E-state index contributed by atoms with van der Waals surface area (Å²) in [6.07, 6.45) is -3.72. The Kier molecular flexibility index (Phi) is 4.21. The molecular weight excluding hydrogens is 239 g/mol. The van der Waals surface area contributed by atoms with Crippen LogP contribution in [-0.4, -0.2) is 6.54 Å². The summed E-state index contributed by atoms with van der Waals surface area (Å²) in [6, 6.07) is 3.61. The molecule has 0 amide bonds. The first-order valence-corrected chi connectivity index (χ1v) is 5.30. The van der Waals surface area contributed by atoms with E-state index in [1.165, 1.54) is 0 Å². The van der Waals surface area contributed by atoms with Crippen molar-refractivity contribution in [3.63, 3.8) is 0 Å². The van der Waals surface area contributed by atoms with Gasteiger partial charge in [-0.1, -0.05) is 18.5 Å². The minimum atomic E-state index is -4.36. The van der Waals surface area contributed by atoms with Crippen molar-refractivity contribution in [2.75, 3.05) is 6.54 Å². The molecule has 16 heavy (non-hydrogen) atoms. The van der Waals surface area contributed by atoms with Crippen molar-refractivity contribution in [2.24, 2.45) is 5.73 Å². The predicted octanol–water partition coefficient (Wildman–Crippen LogP) is 3.81. The van der Waals surface area contributed by atoms with Gasteiger partial charge in [0.15, 0.2) is 0 Å². The Bertz CT molecular complexity index is 363. The standard InChI is InChI=1S/C11H13ClF3N/c1-7(2-3-16)8-4-9(11(13,14)15)6-10(12)5-8/h4-7H,2-3,16H2,1H3. The maximum absolute atomic E-state index is 12.5. The Labute approximate surface area is 97.4 Å². The van der Waals surface area contributed by atoms with E-state index in [9.17, 15) is 13.2 Å². The third-order valence-corrected chi connectivity index (χ3v) is 2.63. The molecule has 0 fully saturated rings. The highest BCUT2D eigenvalue weighted by Crippen LogP contribution is 2.34. The molecule has 0 spiro atoms. The van der Waals surface area contributed by atoms with Crippen molar-refractivity contribution in [1.29, 1.82) is 0 Å². The van der Waals surface area contributed by atoms with Crippen molar-refractivity contribution >= 4 is 11.6 Å². The lowest BCUT2D eigenvalue weighted by atomic mass is 9.96. The van der Waals surface area contributed by atoms with Crippen molar-refractivity contribution in [2.45, 2.75) is 25.4 Å². The van der Waals surface area contributed by atoms with Gasteiger partial charge in [-0.05, 0) is 42.6 Å². The van der Waals surface area contributed by atoms with Gasteiger partial charge >= 0.3 is 6.18 Å². The van der Waals surface area contributed by atoms with Gasteiger partial charge in [-0.15, -0.1) is 0 Å². The molecule has 0 aliphatic carbocycles. The monoisotopic (exact) mass is 251 g/mol. The first kappa shape index (κ1) is 13.3. The lowest BCUT2D eigenvalue weighted by Gasteiger charge is -2.14. The average Bonchev–Trinajstić information content (AvgIpc) is 2.16. The van der Waals surface area contributed by atoms with E-state index in [0.29, 0.717) is 18.5 Å². The lowest BCUT2D eigenvalue weighted by Crippen LogP contribution is -2.08. The van der Waals surface area contributed by atoms with Gasteiger partial charge in [0, 0.05) is 5.02 Å². The number of halogens is 4. The Hall–Kier alpha value is -0.740. The molecule has 1 atom stereocenters. The average molecular weight is 252 g/mol. The van der Waals surface area contributed by atoms with E-state index in [2.05, 4.69) is 0 Å². The van der Waals surface area contributed by atoms with E-state index in [1.54, 1.807) is 6.07 Å². The molecule has 1 rings (SSSR count). The number of benzene rings is 1. The number of hydrogen-bond donors (Lipinski definition) is 1. The SMILES string of the molecule is CC(CCN)c1cc(Cl)cc(C(F)(F)F)c1. The van der Waals surface area contributed by atoms with Crippen molar-refractivity contribution in [3.8, 4) is 0 Å². The van der Waals surface area contributed by atoms with Crippen LogP contribution in [0.4, 0.5) is 13.2 Å². The Morgan fingerprint density at radius 1 is 1.31 bits per heavy atom. The normalized spacial score (nSPS) is 13.9. The fourth-order valence-corrected chi connectivity index (χ4v) is 1.72. The second kappa shape index (κ2) is 5.06. The van der Waals surface area contributed by atoms with Crippen LogP contribution in [0.1, 0.15) is 30.4 Å². The molecule has 0 saturated heterocycles. The minimum Gasteiger partial charge on any atom is -0.330 e. The summed E-state index contributed by atoms with van der Waals surface area (Å²) in [6.45, 7) is 2.27. The summed E-state index contributed by atoms with van der Waals surface area (Å²) in [5.74, 6) is -0.0233. The molecule has 0 heterocycles. The molecule has 90 valence electrons. The molecule has 0 saturated carbocycles. The fourth-order valence-electron chi connectivity index (χ4n) is 1.48. The summed E-state index contributed by atoms with van der Waals surface area (Å²) in [5.41, 5.74) is 5.24. The molecule has 0 aromatic heterocycles. The largest absolute Gasteiger partial charge is 0.416 e. The van der Waals surface area contributed by atoms with Gasteiger partial charge in [-0.2, -0.15) is 13.2 Å². The van der Waals surface area contributed by atoms with Crippen LogP contribution in [0.3, 0.4) is 0 Å². The summed E-state index contributed by atoms with van der Waals surface area (Å²) in [7, 11) is 0. The van der Waals surface area contributed by atoms with Gasteiger partial charge < -0.3 is 5.73 Å². The van der Waals surface area contributed by atoms with Gasteiger partial charge in [0.1, 0.15) is 0 Å². The van der Waals surface area contributed by atoms with Crippen LogP contribution in [0.15, 0.2) is 18.2 Å². The summed E-state index contributed by atoms with van der Waals surface area (Å²) in [4.78, 5) is 0. The number of nitrogens with two attached hydrogens (primary N) is 1. The van der Waals surface area contributed by atoms with Crippen LogP contribution in [0.25, 0.3) is 0 Å². The highest BCUT2D eigenvalue weighted by atomic mass is 35.5. The highest BCUT2D eigenvalue weighted by molar-refractivity contribution is 6.30. The Morgan fingerprint density at radius 2 is 1.94 bits per heavy atom. The maximum Gasteiger partial charge on any atom is 0.416 e. The van der Waals surface area contributed by atoms with Crippen LogP contribution in [0.5, 0.6) is 0 Å². The van der Waals surface area contributed by atoms with Gasteiger partial charge in [0.05, 0.1) is 5.56 Å². The number of hydrogen-bond acceptors (Lipinski definition) is 1. The lowest BCUT2D eigenvalue weighted by molar-refractivity contribution is -0.137. The zero-order valence-electron chi connectivity index (χ0n) is 8.81. The molecule has 0 bridgehead atoms. The van der Waals surface area contributed by atoms with Crippen LogP contribution in [0, 0.1) is 0 Å². The second-order valence-corrected chi connectivity index (χ2v) is 4.19. The topological polar surface area (TPSA) is 26.0 Å². The zero-order valence-corrected chi connectivity index (χ0v) is 9.57.